The van der Waals surface area contributed by atoms with E-state index < -0.39 is 41.1 Å². The Bertz CT molecular complexity index is 302. The van der Waals surface area contributed by atoms with Gasteiger partial charge in [0.25, 0.3) is 0 Å². The van der Waals surface area contributed by atoms with Crippen molar-refractivity contribution in [2.75, 3.05) is 12.4 Å². The van der Waals surface area contributed by atoms with Crippen LogP contribution >= 0.6 is 0 Å². The van der Waals surface area contributed by atoms with Crippen LogP contribution < -0.4 is 29.6 Å². The molecule has 0 heterocycles. The average Bonchev–Trinajstić information content (AvgIpc) is 2.20. The number of rotatable bonds is 9. The van der Waals surface area contributed by atoms with Gasteiger partial charge in [-0.2, -0.15) is 0 Å². The van der Waals surface area contributed by atoms with Crippen molar-refractivity contribution >= 4 is 10.1 Å². The largest absolute Gasteiger partial charge is 1.00 e. The molecule has 0 bridgehead atoms. The second-order valence-electron chi connectivity index (χ2n) is 3.74. The number of unbranched alkanes of at least 4 members (excludes halogenated alkanes) is 2. The van der Waals surface area contributed by atoms with Gasteiger partial charge < -0.3 is 4.55 Å². The van der Waals surface area contributed by atoms with Gasteiger partial charge in [0, 0.05) is 0 Å². The molecule has 0 rings (SSSR count). The first-order valence-electron chi connectivity index (χ1n) is 5.19. The molecule has 0 aromatic carbocycles. The van der Waals surface area contributed by atoms with Crippen LogP contribution in [-0.2, 0) is 10.1 Å². The van der Waals surface area contributed by atoms with Crippen LogP contribution in [0.25, 0.3) is 0 Å². The van der Waals surface area contributed by atoms with Crippen molar-refractivity contribution in [1.29, 1.82) is 0 Å². The van der Waals surface area contributed by atoms with Crippen molar-refractivity contribution in [3.63, 3.8) is 0 Å². The summed E-state index contributed by atoms with van der Waals surface area (Å²) in [4.78, 5) is 0. The van der Waals surface area contributed by atoms with E-state index in [0.717, 1.165) is 0 Å². The molecule has 3 nitrogen and oxygen atoms in total. The van der Waals surface area contributed by atoms with E-state index in [4.69, 9.17) is 0 Å². The van der Waals surface area contributed by atoms with E-state index >= 15 is 0 Å². The minimum Gasteiger partial charge on any atom is -0.748 e. The molecule has 0 saturated carbocycles. The molecule has 0 amide bonds. The van der Waals surface area contributed by atoms with Crippen LogP contribution in [0.3, 0.4) is 0 Å². The van der Waals surface area contributed by atoms with Gasteiger partial charge in [-0.3, -0.25) is 4.39 Å². The van der Waals surface area contributed by atoms with E-state index in [2.05, 4.69) is 0 Å². The fourth-order valence-electron chi connectivity index (χ4n) is 1.28. The second kappa shape index (κ2) is 10.4. The third kappa shape index (κ3) is 10.5. The summed E-state index contributed by atoms with van der Waals surface area (Å²) in [6.07, 6.45) is -7.04. The van der Waals surface area contributed by atoms with Crippen LogP contribution in [0.5, 0.6) is 0 Å². The molecular formula is C9H15F4NaO3S. The van der Waals surface area contributed by atoms with E-state index in [1.54, 1.807) is 0 Å². The molecule has 0 aliphatic rings. The van der Waals surface area contributed by atoms with E-state index in [9.17, 15) is 30.5 Å². The zero-order valence-corrected chi connectivity index (χ0v) is 12.9. The van der Waals surface area contributed by atoms with Gasteiger partial charge in [0.1, 0.15) is 12.3 Å². The first-order chi connectivity index (χ1) is 7.78. The van der Waals surface area contributed by atoms with Crippen molar-refractivity contribution in [3.05, 3.63) is 0 Å². The molecule has 18 heavy (non-hydrogen) atoms. The average molecular weight is 302 g/mol. The zero-order valence-electron chi connectivity index (χ0n) is 10.1. The topological polar surface area (TPSA) is 57.2 Å². The first-order valence-corrected chi connectivity index (χ1v) is 6.77. The summed E-state index contributed by atoms with van der Waals surface area (Å²) >= 11 is 0. The smallest absolute Gasteiger partial charge is 0.748 e. The minimum atomic E-state index is -4.91. The summed E-state index contributed by atoms with van der Waals surface area (Å²) in [5.74, 6) is -1.57. The summed E-state index contributed by atoms with van der Waals surface area (Å²) in [5.41, 5.74) is 0. The van der Waals surface area contributed by atoms with Crippen LogP contribution in [0.2, 0.25) is 0 Å². The Morgan fingerprint density at radius 2 is 1.56 bits per heavy atom. The van der Waals surface area contributed by atoms with Crippen molar-refractivity contribution < 1.29 is 60.1 Å². The monoisotopic (exact) mass is 302 g/mol. The molecule has 0 saturated heterocycles. The Morgan fingerprint density at radius 1 is 1.00 bits per heavy atom. The molecule has 0 aliphatic heterocycles. The van der Waals surface area contributed by atoms with Crippen LogP contribution in [0.1, 0.15) is 25.7 Å². The summed E-state index contributed by atoms with van der Waals surface area (Å²) < 4.78 is 81.0. The number of halogens is 4. The molecule has 0 spiro atoms. The fourth-order valence-corrected chi connectivity index (χ4v) is 1.86. The SMILES string of the molecule is O=S(=O)([O-])CC(F)C(F)C(F)CCCCCF.[Na+]. The van der Waals surface area contributed by atoms with Gasteiger partial charge in [-0.15, -0.1) is 0 Å². The normalized spacial score (nSPS) is 16.7. The minimum absolute atomic E-state index is 0. The molecule has 0 N–H and O–H groups in total. The Labute approximate surface area is 126 Å². The predicted molar refractivity (Wildman–Crippen MR) is 53.7 cm³/mol. The van der Waals surface area contributed by atoms with E-state index in [1.165, 1.54) is 0 Å². The third-order valence-electron chi connectivity index (χ3n) is 2.17. The van der Waals surface area contributed by atoms with Gasteiger partial charge in [0.05, 0.1) is 22.5 Å². The van der Waals surface area contributed by atoms with Crippen LogP contribution in [-0.4, -0.2) is 43.9 Å². The molecule has 0 radical (unpaired) electrons. The molecule has 3 atom stereocenters. The third-order valence-corrected chi connectivity index (χ3v) is 2.89. The summed E-state index contributed by atoms with van der Waals surface area (Å²) in [5, 5.41) is 0. The van der Waals surface area contributed by atoms with Crippen molar-refractivity contribution in [3.8, 4) is 0 Å². The van der Waals surface area contributed by atoms with Crippen LogP contribution in [0, 0.1) is 0 Å². The molecule has 9 heteroatoms. The summed E-state index contributed by atoms with van der Waals surface area (Å²) in [7, 11) is -4.91. The maximum atomic E-state index is 13.0. The van der Waals surface area contributed by atoms with Gasteiger partial charge in [-0.25, -0.2) is 21.6 Å². The maximum absolute atomic E-state index is 13.0. The number of alkyl halides is 4. The maximum Gasteiger partial charge on any atom is 1.00 e. The molecule has 0 fully saturated rings. The van der Waals surface area contributed by atoms with Gasteiger partial charge in [0.15, 0.2) is 6.17 Å². The molecule has 104 valence electrons. The quantitative estimate of drug-likeness (QED) is 0.240. The first kappa shape index (κ1) is 20.9. The van der Waals surface area contributed by atoms with Crippen LogP contribution in [0.15, 0.2) is 0 Å². The van der Waals surface area contributed by atoms with E-state index in [1.807, 2.05) is 0 Å². The van der Waals surface area contributed by atoms with Gasteiger partial charge >= 0.3 is 29.6 Å². The van der Waals surface area contributed by atoms with E-state index in [0.29, 0.717) is 6.42 Å². The Morgan fingerprint density at radius 3 is 2.00 bits per heavy atom. The summed E-state index contributed by atoms with van der Waals surface area (Å²) in [6.45, 7) is -0.559. The molecule has 0 aliphatic carbocycles. The number of hydrogen-bond donors (Lipinski definition) is 0. The second-order valence-corrected chi connectivity index (χ2v) is 5.19. The van der Waals surface area contributed by atoms with Gasteiger partial charge in [0.2, 0.25) is 0 Å². The summed E-state index contributed by atoms with van der Waals surface area (Å²) in [6, 6.07) is 0. The number of hydrogen-bond acceptors (Lipinski definition) is 3. The molecule has 0 aromatic rings. The fraction of sp³-hybridized carbons (Fsp3) is 1.00. The molecule has 0 aromatic heterocycles. The molecule has 3 unspecified atom stereocenters. The predicted octanol–water partition coefficient (Wildman–Crippen LogP) is -0.920. The van der Waals surface area contributed by atoms with Crippen molar-refractivity contribution in [2.24, 2.45) is 0 Å². The standard InChI is InChI=1S/C9H16F4O3S.Na/c10-5-3-1-2-4-7(11)9(13)8(12)6-17(14,15)16;/h7-9H,1-6H2,(H,14,15,16);/q;+1/p-1. The Balaban J connectivity index is 0. The van der Waals surface area contributed by atoms with E-state index in [-0.39, 0.29) is 48.8 Å². The Hall–Kier alpha value is 0.630. The molecular weight excluding hydrogens is 287 g/mol. The van der Waals surface area contributed by atoms with Crippen LogP contribution in [0.4, 0.5) is 17.6 Å². The van der Waals surface area contributed by atoms with Gasteiger partial charge in [-0.1, -0.05) is 12.8 Å². The zero-order chi connectivity index (χ0) is 13.5. The van der Waals surface area contributed by atoms with Crippen molar-refractivity contribution in [2.45, 2.75) is 44.2 Å². The van der Waals surface area contributed by atoms with Crippen molar-refractivity contribution in [1.82, 2.24) is 0 Å². The van der Waals surface area contributed by atoms with Gasteiger partial charge in [-0.05, 0) is 12.8 Å². The Kier molecular flexibility index (Phi) is 12.1.